The van der Waals surface area contributed by atoms with Crippen molar-refractivity contribution >= 4 is 28.5 Å². The van der Waals surface area contributed by atoms with Gasteiger partial charge in [0.25, 0.3) is 0 Å². The van der Waals surface area contributed by atoms with Crippen molar-refractivity contribution in [2.75, 3.05) is 11.9 Å². The molecule has 11 heteroatoms. The van der Waals surface area contributed by atoms with Gasteiger partial charge in [0.05, 0.1) is 12.1 Å². The minimum absolute atomic E-state index is 0. The van der Waals surface area contributed by atoms with Crippen LogP contribution in [-0.2, 0) is 4.79 Å². The van der Waals surface area contributed by atoms with Crippen LogP contribution in [0.4, 0.5) is 18.9 Å². The van der Waals surface area contributed by atoms with E-state index >= 15 is 0 Å². The minimum Gasteiger partial charge on any atom is -1.00 e. The molecule has 0 aliphatic carbocycles. The first kappa shape index (κ1) is 22.9. The van der Waals surface area contributed by atoms with Crippen molar-refractivity contribution in [2.24, 2.45) is 0 Å². The van der Waals surface area contributed by atoms with Gasteiger partial charge < -0.3 is 16.6 Å². The maximum absolute atomic E-state index is 12.2. The predicted octanol–water partition coefficient (Wildman–Crippen LogP) is 0.526. The first-order chi connectivity index (χ1) is 11.7. The summed E-state index contributed by atoms with van der Waals surface area (Å²) in [7, 11) is 0. The van der Waals surface area contributed by atoms with Crippen LogP contribution in [0.2, 0.25) is 0 Å². The normalized spacial score (nSPS) is 10.6. The van der Waals surface area contributed by atoms with Crippen LogP contribution < -0.4 is 61.4 Å². The van der Waals surface area contributed by atoms with Crippen molar-refractivity contribution in [3.63, 3.8) is 0 Å². The van der Waals surface area contributed by atoms with Gasteiger partial charge in [-0.1, -0.05) is 6.07 Å². The van der Waals surface area contributed by atoms with Gasteiger partial charge in [0, 0.05) is 18.0 Å². The SMILES string of the molecule is O=C(CNc1cccc(OC(F)(F)F)c1)Sc1ncccc1C(=O)O.[H-].[K+]. The number of hydrogen-bond acceptors (Lipinski definition) is 6. The molecule has 6 nitrogen and oxygen atoms in total. The molecule has 1 heterocycles. The Kier molecular flexibility index (Phi) is 9.06. The average Bonchev–Trinajstić information content (AvgIpc) is 2.52. The van der Waals surface area contributed by atoms with Crippen molar-refractivity contribution in [1.82, 2.24) is 4.98 Å². The number of pyridine rings is 1. The number of anilines is 1. The number of aromatic nitrogens is 1. The molecule has 2 N–H and O–H groups in total. The molecule has 0 fully saturated rings. The molecule has 2 rings (SSSR count). The number of carboxylic acid groups (broad SMARTS) is 1. The van der Waals surface area contributed by atoms with E-state index in [1.54, 1.807) is 0 Å². The third kappa shape index (κ3) is 7.64. The number of hydrogen-bond donors (Lipinski definition) is 2. The van der Waals surface area contributed by atoms with Gasteiger partial charge in [-0.05, 0) is 36.0 Å². The molecule has 0 spiro atoms. The number of nitrogens with zero attached hydrogens (tertiary/aromatic N) is 1. The number of benzene rings is 1. The zero-order valence-electron chi connectivity index (χ0n) is 14.4. The Bertz CT molecular complexity index is 796. The van der Waals surface area contributed by atoms with E-state index in [1.165, 1.54) is 30.5 Å². The monoisotopic (exact) mass is 412 g/mol. The molecule has 26 heavy (non-hydrogen) atoms. The number of carboxylic acids is 1. The van der Waals surface area contributed by atoms with E-state index < -0.39 is 23.2 Å². The summed E-state index contributed by atoms with van der Waals surface area (Å²) in [6.07, 6.45) is -3.45. The van der Waals surface area contributed by atoms with Crippen LogP contribution in [0.25, 0.3) is 0 Å². The summed E-state index contributed by atoms with van der Waals surface area (Å²) in [6, 6.07) is 7.77. The van der Waals surface area contributed by atoms with Crippen LogP contribution in [0.3, 0.4) is 0 Å². The maximum Gasteiger partial charge on any atom is 1.00 e. The Morgan fingerprint density at radius 2 is 2.00 bits per heavy atom. The van der Waals surface area contributed by atoms with Gasteiger partial charge in [0.15, 0.2) is 0 Å². The summed E-state index contributed by atoms with van der Waals surface area (Å²) in [5.74, 6) is -1.64. The summed E-state index contributed by atoms with van der Waals surface area (Å²) in [5, 5.41) is 11.3. The largest absolute Gasteiger partial charge is 1.00 e. The number of alkyl halides is 3. The number of carbonyl (C=O) groups excluding carboxylic acids is 1. The Morgan fingerprint density at radius 3 is 2.65 bits per heavy atom. The van der Waals surface area contributed by atoms with Crippen molar-refractivity contribution in [1.29, 1.82) is 0 Å². The number of thioether (sulfide) groups is 1. The molecule has 0 bridgehead atoms. The molecular weight excluding hydrogens is 400 g/mol. The number of ether oxygens (including phenoxy) is 1. The van der Waals surface area contributed by atoms with E-state index in [1.807, 2.05) is 0 Å². The fraction of sp³-hybridized carbons (Fsp3) is 0.133. The number of nitrogens with one attached hydrogen (secondary N) is 1. The summed E-state index contributed by atoms with van der Waals surface area (Å²) >= 11 is 0.627. The Balaban J connectivity index is 0.00000338. The smallest absolute Gasteiger partial charge is 1.00 e. The molecule has 0 unspecified atom stereocenters. The predicted molar refractivity (Wildman–Crippen MR) is 84.8 cm³/mol. The maximum atomic E-state index is 12.2. The molecule has 0 aliphatic rings. The first-order valence-corrected chi connectivity index (χ1v) is 7.55. The van der Waals surface area contributed by atoms with Gasteiger partial charge in [-0.2, -0.15) is 0 Å². The number of rotatable bonds is 6. The molecule has 0 saturated heterocycles. The van der Waals surface area contributed by atoms with E-state index in [2.05, 4.69) is 15.0 Å². The van der Waals surface area contributed by atoms with Gasteiger partial charge >= 0.3 is 63.7 Å². The number of carbonyl (C=O) groups is 2. The van der Waals surface area contributed by atoms with Crippen molar-refractivity contribution in [3.8, 4) is 5.75 Å². The topological polar surface area (TPSA) is 88.5 Å². The fourth-order valence-electron chi connectivity index (χ4n) is 1.76. The molecule has 0 radical (unpaired) electrons. The van der Waals surface area contributed by atoms with Crippen LogP contribution in [0.5, 0.6) is 5.75 Å². The molecule has 134 valence electrons. The van der Waals surface area contributed by atoms with E-state index in [0.29, 0.717) is 11.8 Å². The summed E-state index contributed by atoms with van der Waals surface area (Å²) in [6.45, 7) is -0.240. The van der Waals surface area contributed by atoms with Crippen molar-refractivity contribution < 1.29 is 85.4 Å². The summed E-state index contributed by atoms with van der Waals surface area (Å²) < 4.78 is 40.3. The standard InChI is InChI=1S/C15H11F3N2O4S.K.H/c16-15(17,18)24-10-4-1-3-9(7-10)20-8-12(21)25-13-11(14(22)23)5-2-6-19-13;;/h1-7,20H,8H2,(H,22,23);;/q;+1;-1. The molecule has 1 aromatic heterocycles. The Hall–Kier alpha value is -1.11. The third-order valence-electron chi connectivity index (χ3n) is 2.72. The first-order valence-electron chi connectivity index (χ1n) is 6.73. The third-order valence-corrected chi connectivity index (χ3v) is 3.61. The summed E-state index contributed by atoms with van der Waals surface area (Å²) in [4.78, 5) is 26.8. The van der Waals surface area contributed by atoms with E-state index in [0.717, 1.165) is 12.1 Å². The quantitative estimate of drug-likeness (QED) is 0.528. The molecule has 2 aromatic rings. The van der Waals surface area contributed by atoms with Crippen molar-refractivity contribution in [3.05, 3.63) is 48.2 Å². The zero-order valence-corrected chi connectivity index (χ0v) is 17.3. The molecule has 0 atom stereocenters. The van der Waals surface area contributed by atoms with Gasteiger partial charge in [-0.25, -0.2) is 9.78 Å². The second-order valence-electron chi connectivity index (χ2n) is 4.56. The Morgan fingerprint density at radius 1 is 1.27 bits per heavy atom. The van der Waals surface area contributed by atoms with Gasteiger partial charge in [0.1, 0.15) is 10.8 Å². The van der Waals surface area contributed by atoms with Gasteiger partial charge in [0.2, 0.25) is 5.12 Å². The van der Waals surface area contributed by atoms with Crippen LogP contribution in [0, 0.1) is 0 Å². The Labute approximate surface area is 194 Å². The van der Waals surface area contributed by atoms with Crippen molar-refractivity contribution in [2.45, 2.75) is 11.4 Å². The van der Waals surface area contributed by atoms with Crippen LogP contribution in [-0.4, -0.2) is 34.1 Å². The van der Waals surface area contributed by atoms with E-state index in [9.17, 15) is 22.8 Å². The second kappa shape index (κ2) is 10.3. The minimum atomic E-state index is -4.81. The van der Waals surface area contributed by atoms with Crippen LogP contribution in [0.15, 0.2) is 47.6 Å². The van der Waals surface area contributed by atoms with Crippen LogP contribution >= 0.6 is 11.8 Å². The van der Waals surface area contributed by atoms with Gasteiger partial charge in [-0.15, -0.1) is 13.2 Å². The van der Waals surface area contributed by atoms with E-state index in [-0.39, 0.29) is 75.6 Å². The molecule has 1 aromatic carbocycles. The number of aromatic carboxylic acids is 1. The zero-order chi connectivity index (χ0) is 18.4. The summed E-state index contributed by atoms with van der Waals surface area (Å²) in [5.41, 5.74) is 0.136. The van der Waals surface area contributed by atoms with Gasteiger partial charge in [-0.3, -0.25) is 4.79 Å². The average molecular weight is 412 g/mol. The number of halogens is 3. The molecular formula is C15H12F3KN2O4S. The second-order valence-corrected chi connectivity index (χ2v) is 5.61. The fourth-order valence-corrected chi connectivity index (χ4v) is 2.50. The van der Waals surface area contributed by atoms with E-state index in [4.69, 9.17) is 5.11 Å². The van der Waals surface area contributed by atoms with Crippen LogP contribution in [0.1, 0.15) is 11.8 Å². The molecule has 0 saturated carbocycles. The molecule has 0 amide bonds. The molecule has 0 aliphatic heterocycles.